The van der Waals surface area contributed by atoms with Crippen LogP contribution in [0.2, 0.25) is 0 Å². The zero-order valence-electron chi connectivity index (χ0n) is 8.10. The molecule has 1 aliphatic carbocycles. The Labute approximate surface area is 74.9 Å². The minimum Gasteiger partial charge on any atom is -0.299 e. The molecule has 0 aliphatic heterocycles. The molecule has 0 saturated heterocycles. The zero-order chi connectivity index (χ0) is 9.19. The fraction of sp³-hybridized carbons (Fsp3) is 0.727. The lowest BCUT2D eigenvalue weighted by Crippen LogP contribution is -2.29. The number of hydrogen-bond donors (Lipinski definition) is 0. The lowest BCUT2D eigenvalue weighted by atomic mass is 9.71. The molecule has 0 aromatic heterocycles. The van der Waals surface area contributed by atoms with Crippen molar-refractivity contribution in [2.24, 2.45) is 11.3 Å². The third-order valence-electron chi connectivity index (χ3n) is 2.75. The van der Waals surface area contributed by atoms with E-state index in [-0.39, 0.29) is 5.92 Å². The molecule has 0 N–H and O–H groups in total. The first-order chi connectivity index (χ1) is 5.55. The van der Waals surface area contributed by atoms with Gasteiger partial charge in [-0.05, 0) is 24.7 Å². The Hall–Kier alpha value is -0.590. The van der Waals surface area contributed by atoms with Crippen molar-refractivity contribution in [3.05, 3.63) is 12.7 Å². The lowest BCUT2D eigenvalue weighted by Gasteiger charge is -2.33. The van der Waals surface area contributed by atoms with Crippen LogP contribution in [-0.2, 0) is 4.79 Å². The first kappa shape index (κ1) is 9.50. The maximum Gasteiger partial charge on any atom is 0.136 e. The van der Waals surface area contributed by atoms with Crippen molar-refractivity contribution >= 4 is 5.78 Å². The summed E-state index contributed by atoms with van der Waals surface area (Å²) < 4.78 is 0. The van der Waals surface area contributed by atoms with Gasteiger partial charge in [0.05, 0.1) is 0 Å². The maximum atomic E-state index is 11.4. The molecular weight excluding hydrogens is 148 g/mol. The summed E-state index contributed by atoms with van der Waals surface area (Å²) in [6, 6.07) is 0. The quantitative estimate of drug-likeness (QED) is 0.576. The summed E-state index contributed by atoms with van der Waals surface area (Å²) in [5, 5.41) is 0. The highest BCUT2D eigenvalue weighted by atomic mass is 16.1. The van der Waals surface area contributed by atoms with E-state index in [0.29, 0.717) is 11.2 Å². The van der Waals surface area contributed by atoms with Crippen molar-refractivity contribution in [1.29, 1.82) is 0 Å². The van der Waals surface area contributed by atoms with Crippen LogP contribution >= 0.6 is 0 Å². The number of hydrogen-bond acceptors (Lipinski definition) is 1. The molecule has 1 rings (SSSR count). The Balaban J connectivity index is 2.59. The van der Waals surface area contributed by atoms with Crippen LogP contribution < -0.4 is 0 Å². The molecule has 1 heteroatoms. The van der Waals surface area contributed by atoms with Gasteiger partial charge in [-0.25, -0.2) is 0 Å². The normalized spacial score (nSPS) is 28.5. The Morgan fingerprint density at radius 3 is 2.92 bits per heavy atom. The Morgan fingerprint density at radius 1 is 1.67 bits per heavy atom. The topological polar surface area (TPSA) is 17.1 Å². The molecular formula is C11H18O. The molecule has 0 bridgehead atoms. The van der Waals surface area contributed by atoms with E-state index >= 15 is 0 Å². The minimum absolute atomic E-state index is 0.256. The molecule has 12 heavy (non-hydrogen) atoms. The largest absolute Gasteiger partial charge is 0.299 e. The Bertz CT molecular complexity index is 191. The van der Waals surface area contributed by atoms with E-state index < -0.39 is 0 Å². The van der Waals surface area contributed by atoms with Crippen LogP contribution in [0.5, 0.6) is 0 Å². The molecule has 1 unspecified atom stereocenters. The van der Waals surface area contributed by atoms with E-state index in [1.54, 1.807) is 0 Å². The molecule has 1 atom stereocenters. The molecule has 0 spiro atoms. The van der Waals surface area contributed by atoms with Gasteiger partial charge in [-0.3, -0.25) is 4.79 Å². The number of rotatable bonds is 2. The zero-order valence-corrected chi connectivity index (χ0v) is 8.10. The fourth-order valence-electron chi connectivity index (χ4n) is 1.96. The number of carbonyl (C=O) groups excluding carboxylic acids is 1. The fourth-order valence-corrected chi connectivity index (χ4v) is 1.96. The molecule has 0 heterocycles. The van der Waals surface area contributed by atoms with E-state index in [9.17, 15) is 4.79 Å². The summed E-state index contributed by atoms with van der Waals surface area (Å²) in [4.78, 5) is 11.4. The SMILES string of the molecule is C=CCC1CC(C)(C)CCC1=O. The minimum atomic E-state index is 0.256. The summed E-state index contributed by atoms with van der Waals surface area (Å²) in [7, 11) is 0. The Kier molecular flexibility index (Phi) is 2.71. The maximum absolute atomic E-state index is 11.4. The van der Waals surface area contributed by atoms with Crippen molar-refractivity contribution < 1.29 is 4.79 Å². The second kappa shape index (κ2) is 3.42. The van der Waals surface area contributed by atoms with Crippen LogP contribution in [0.3, 0.4) is 0 Å². The summed E-state index contributed by atoms with van der Waals surface area (Å²) in [5.74, 6) is 0.695. The second-order valence-corrected chi connectivity index (χ2v) is 4.56. The molecule has 0 amide bonds. The predicted molar refractivity (Wildman–Crippen MR) is 50.9 cm³/mol. The van der Waals surface area contributed by atoms with Gasteiger partial charge in [0.1, 0.15) is 5.78 Å². The van der Waals surface area contributed by atoms with E-state index in [2.05, 4.69) is 20.4 Å². The summed E-state index contributed by atoms with van der Waals surface area (Å²) in [5.41, 5.74) is 0.363. The number of Topliss-reactive ketones (excluding diaryl/α,β-unsaturated/α-hetero) is 1. The molecule has 1 aliphatic rings. The van der Waals surface area contributed by atoms with Crippen LogP contribution in [0.4, 0.5) is 0 Å². The van der Waals surface area contributed by atoms with Crippen LogP contribution in [0.15, 0.2) is 12.7 Å². The monoisotopic (exact) mass is 166 g/mol. The molecule has 1 nitrogen and oxygen atoms in total. The number of carbonyl (C=O) groups is 1. The van der Waals surface area contributed by atoms with Gasteiger partial charge in [-0.15, -0.1) is 6.58 Å². The first-order valence-electron chi connectivity index (χ1n) is 4.69. The lowest BCUT2D eigenvalue weighted by molar-refractivity contribution is -0.126. The van der Waals surface area contributed by atoms with Gasteiger partial charge in [-0.1, -0.05) is 19.9 Å². The summed E-state index contributed by atoms with van der Waals surface area (Å²) >= 11 is 0. The van der Waals surface area contributed by atoms with Gasteiger partial charge >= 0.3 is 0 Å². The molecule has 0 aromatic rings. The predicted octanol–water partition coefficient (Wildman–Crippen LogP) is 2.96. The van der Waals surface area contributed by atoms with Gasteiger partial charge in [0.15, 0.2) is 0 Å². The smallest absolute Gasteiger partial charge is 0.136 e. The van der Waals surface area contributed by atoms with Crippen molar-refractivity contribution in [3.8, 4) is 0 Å². The van der Waals surface area contributed by atoms with Gasteiger partial charge in [0.2, 0.25) is 0 Å². The van der Waals surface area contributed by atoms with E-state index in [0.717, 1.165) is 25.7 Å². The highest BCUT2D eigenvalue weighted by Gasteiger charge is 2.32. The standard InChI is InChI=1S/C11H18O/c1-4-5-9-8-11(2,3)7-6-10(9)12/h4,9H,1,5-8H2,2-3H3. The van der Waals surface area contributed by atoms with Crippen LogP contribution in [0, 0.1) is 11.3 Å². The highest BCUT2D eigenvalue weighted by molar-refractivity contribution is 5.82. The van der Waals surface area contributed by atoms with Gasteiger partial charge in [0.25, 0.3) is 0 Å². The molecule has 0 radical (unpaired) electrons. The van der Waals surface area contributed by atoms with Gasteiger partial charge < -0.3 is 0 Å². The average molecular weight is 166 g/mol. The van der Waals surface area contributed by atoms with E-state index in [4.69, 9.17) is 0 Å². The van der Waals surface area contributed by atoms with Crippen molar-refractivity contribution in [3.63, 3.8) is 0 Å². The highest BCUT2D eigenvalue weighted by Crippen LogP contribution is 2.37. The van der Waals surface area contributed by atoms with Crippen LogP contribution in [-0.4, -0.2) is 5.78 Å². The van der Waals surface area contributed by atoms with Gasteiger partial charge in [0, 0.05) is 12.3 Å². The third-order valence-corrected chi connectivity index (χ3v) is 2.75. The van der Waals surface area contributed by atoms with Crippen LogP contribution in [0.1, 0.15) is 39.5 Å². The molecule has 68 valence electrons. The third kappa shape index (κ3) is 2.20. The van der Waals surface area contributed by atoms with Crippen molar-refractivity contribution in [2.45, 2.75) is 39.5 Å². The van der Waals surface area contributed by atoms with E-state index in [1.165, 1.54) is 0 Å². The first-order valence-corrected chi connectivity index (χ1v) is 4.69. The summed E-state index contributed by atoms with van der Waals surface area (Å²) in [6.45, 7) is 8.18. The molecule has 1 fully saturated rings. The average Bonchev–Trinajstić information content (AvgIpc) is 1.97. The van der Waals surface area contributed by atoms with Gasteiger partial charge in [-0.2, -0.15) is 0 Å². The number of allylic oxidation sites excluding steroid dienone is 1. The van der Waals surface area contributed by atoms with Crippen LogP contribution in [0.25, 0.3) is 0 Å². The van der Waals surface area contributed by atoms with E-state index in [1.807, 2.05) is 6.08 Å². The van der Waals surface area contributed by atoms with Crippen molar-refractivity contribution in [2.75, 3.05) is 0 Å². The second-order valence-electron chi connectivity index (χ2n) is 4.56. The summed E-state index contributed by atoms with van der Waals surface area (Å²) in [6.07, 6.45) is 5.59. The number of ketones is 1. The Morgan fingerprint density at radius 2 is 2.33 bits per heavy atom. The molecule has 1 saturated carbocycles. The molecule has 0 aromatic carbocycles. The van der Waals surface area contributed by atoms with Crippen molar-refractivity contribution in [1.82, 2.24) is 0 Å².